The summed E-state index contributed by atoms with van der Waals surface area (Å²) in [6.07, 6.45) is 1.01. The second kappa shape index (κ2) is 7.46. The van der Waals surface area contributed by atoms with Crippen LogP contribution in [-0.2, 0) is 6.54 Å². The van der Waals surface area contributed by atoms with Gasteiger partial charge in [-0.15, -0.1) is 0 Å². The zero-order valence-electron chi connectivity index (χ0n) is 12.8. The van der Waals surface area contributed by atoms with Crippen molar-refractivity contribution in [3.8, 4) is 5.75 Å². The van der Waals surface area contributed by atoms with Gasteiger partial charge in [-0.3, -0.25) is 4.98 Å². The number of nitrogens with two attached hydrogens (primary N) is 1. The lowest BCUT2D eigenvalue weighted by atomic mass is 10.0. The average Bonchev–Trinajstić information content (AvgIpc) is 2.34. The molecule has 0 aliphatic heterocycles. The number of methoxy groups -OCH3 is 1. The Kier molecular flexibility index (Phi) is 6.25. The molecule has 1 rings (SSSR count). The summed E-state index contributed by atoms with van der Waals surface area (Å²) >= 11 is 0. The third-order valence-corrected chi connectivity index (χ3v) is 3.35. The third kappa shape index (κ3) is 5.57. The quantitative estimate of drug-likeness (QED) is 0.821. The van der Waals surface area contributed by atoms with E-state index < -0.39 is 0 Å². The molecule has 0 bridgehead atoms. The van der Waals surface area contributed by atoms with E-state index in [-0.39, 0.29) is 6.04 Å². The van der Waals surface area contributed by atoms with E-state index in [1.54, 1.807) is 7.11 Å². The monoisotopic (exact) mass is 265 g/mol. The smallest absolute Gasteiger partial charge is 0.122 e. The van der Waals surface area contributed by atoms with Crippen LogP contribution in [0.4, 0.5) is 0 Å². The normalized spacial score (nSPS) is 13.1. The molecule has 0 aliphatic carbocycles. The van der Waals surface area contributed by atoms with E-state index in [9.17, 15) is 0 Å². The summed E-state index contributed by atoms with van der Waals surface area (Å²) in [7, 11) is 3.79. The Balaban J connectivity index is 2.52. The fourth-order valence-electron chi connectivity index (χ4n) is 1.96. The summed E-state index contributed by atoms with van der Waals surface area (Å²) in [6, 6.07) is 4.20. The van der Waals surface area contributed by atoms with Crippen LogP contribution >= 0.6 is 0 Å². The maximum atomic E-state index is 6.07. The van der Waals surface area contributed by atoms with E-state index in [1.807, 2.05) is 19.1 Å². The largest absolute Gasteiger partial charge is 0.497 e. The molecule has 1 heterocycles. The van der Waals surface area contributed by atoms with Gasteiger partial charge in [0.1, 0.15) is 5.75 Å². The average molecular weight is 265 g/mol. The molecule has 108 valence electrons. The molecule has 1 atom stereocenters. The first-order valence-corrected chi connectivity index (χ1v) is 6.88. The van der Waals surface area contributed by atoms with Crippen molar-refractivity contribution in [1.29, 1.82) is 0 Å². The van der Waals surface area contributed by atoms with E-state index >= 15 is 0 Å². The van der Waals surface area contributed by atoms with Gasteiger partial charge in [0.15, 0.2) is 0 Å². The highest BCUT2D eigenvalue weighted by Gasteiger charge is 2.10. The molecule has 0 aromatic carbocycles. The molecule has 0 radical (unpaired) electrons. The molecule has 19 heavy (non-hydrogen) atoms. The van der Waals surface area contributed by atoms with Gasteiger partial charge in [-0.05, 0) is 32.9 Å². The SMILES string of the molecule is COc1cc(C)nc(CN(C)CCC(N)C(C)C)c1. The van der Waals surface area contributed by atoms with Crippen molar-refractivity contribution in [2.75, 3.05) is 20.7 Å². The Labute approximate surface area is 117 Å². The van der Waals surface area contributed by atoms with Crippen molar-refractivity contribution in [3.05, 3.63) is 23.5 Å². The lowest BCUT2D eigenvalue weighted by Gasteiger charge is -2.21. The van der Waals surface area contributed by atoms with Gasteiger partial charge in [0.25, 0.3) is 0 Å². The summed E-state index contributed by atoms with van der Waals surface area (Å²) < 4.78 is 5.27. The van der Waals surface area contributed by atoms with E-state index in [0.29, 0.717) is 5.92 Å². The van der Waals surface area contributed by atoms with Crippen molar-refractivity contribution in [2.45, 2.75) is 39.8 Å². The standard InChI is InChI=1S/C15H27N3O/c1-11(2)15(16)6-7-18(4)10-13-9-14(19-5)8-12(3)17-13/h8-9,11,15H,6-7,10,16H2,1-5H3. The number of rotatable bonds is 7. The lowest BCUT2D eigenvalue weighted by Crippen LogP contribution is -2.31. The van der Waals surface area contributed by atoms with Crippen LogP contribution in [0.5, 0.6) is 5.75 Å². The second-order valence-electron chi connectivity index (χ2n) is 5.57. The van der Waals surface area contributed by atoms with Gasteiger partial charge < -0.3 is 15.4 Å². The summed E-state index contributed by atoms with van der Waals surface area (Å²) in [5.74, 6) is 1.40. The van der Waals surface area contributed by atoms with Crippen LogP contribution in [-0.4, -0.2) is 36.6 Å². The van der Waals surface area contributed by atoms with Crippen LogP contribution < -0.4 is 10.5 Å². The fraction of sp³-hybridized carbons (Fsp3) is 0.667. The number of hydrogen-bond acceptors (Lipinski definition) is 4. The van der Waals surface area contributed by atoms with Gasteiger partial charge in [-0.25, -0.2) is 0 Å². The van der Waals surface area contributed by atoms with Crippen LogP contribution in [0.1, 0.15) is 31.7 Å². The molecule has 4 heteroatoms. The maximum Gasteiger partial charge on any atom is 0.122 e. The minimum Gasteiger partial charge on any atom is -0.497 e. The molecule has 0 fully saturated rings. The van der Waals surface area contributed by atoms with Gasteiger partial charge in [-0.1, -0.05) is 13.8 Å². The minimum absolute atomic E-state index is 0.266. The van der Waals surface area contributed by atoms with E-state index in [0.717, 1.165) is 36.6 Å². The zero-order valence-corrected chi connectivity index (χ0v) is 12.8. The molecule has 1 aromatic rings. The zero-order chi connectivity index (χ0) is 14.4. The summed E-state index contributed by atoms with van der Waals surface area (Å²) in [5.41, 5.74) is 8.09. The number of hydrogen-bond donors (Lipinski definition) is 1. The molecule has 2 N–H and O–H groups in total. The van der Waals surface area contributed by atoms with Gasteiger partial charge in [-0.2, -0.15) is 0 Å². The number of ether oxygens (including phenoxy) is 1. The Morgan fingerprint density at radius 1 is 1.37 bits per heavy atom. The number of aryl methyl sites for hydroxylation is 1. The molecule has 0 amide bonds. The highest BCUT2D eigenvalue weighted by Crippen LogP contribution is 2.14. The topological polar surface area (TPSA) is 51.4 Å². The van der Waals surface area contributed by atoms with Crippen molar-refractivity contribution >= 4 is 0 Å². The summed E-state index contributed by atoms with van der Waals surface area (Å²) in [6.45, 7) is 8.12. The van der Waals surface area contributed by atoms with Crippen LogP contribution in [0, 0.1) is 12.8 Å². The first-order valence-electron chi connectivity index (χ1n) is 6.88. The first-order chi connectivity index (χ1) is 8.92. The molecule has 1 aromatic heterocycles. The highest BCUT2D eigenvalue weighted by molar-refractivity contribution is 5.26. The predicted molar refractivity (Wildman–Crippen MR) is 79.3 cm³/mol. The lowest BCUT2D eigenvalue weighted by molar-refractivity contribution is 0.292. The van der Waals surface area contributed by atoms with E-state index in [1.165, 1.54) is 0 Å². The van der Waals surface area contributed by atoms with E-state index in [4.69, 9.17) is 10.5 Å². The molecule has 0 aliphatic rings. The Morgan fingerprint density at radius 2 is 2.05 bits per heavy atom. The number of nitrogens with zero attached hydrogens (tertiary/aromatic N) is 2. The molecule has 0 saturated heterocycles. The third-order valence-electron chi connectivity index (χ3n) is 3.35. The van der Waals surface area contributed by atoms with Crippen LogP contribution in [0.25, 0.3) is 0 Å². The molecular weight excluding hydrogens is 238 g/mol. The Morgan fingerprint density at radius 3 is 2.63 bits per heavy atom. The van der Waals surface area contributed by atoms with Crippen molar-refractivity contribution in [2.24, 2.45) is 11.7 Å². The van der Waals surface area contributed by atoms with Crippen LogP contribution in [0.15, 0.2) is 12.1 Å². The second-order valence-corrected chi connectivity index (χ2v) is 5.57. The molecule has 4 nitrogen and oxygen atoms in total. The van der Waals surface area contributed by atoms with Crippen molar-refractivity contribution in [1.82, 2.24) is 9.88 Å². The minimum atomic E-state index is 0.266. The van der Waals surface area contributed by atoms with Crippen LogP contribution in [0.3, 0.4) is 0 Å². The molecule has 0 spiro atoms. The van der Waals surface area contributed by atoms with Gasteiger partial charge in [0, 0.05) is 30.4 Å². The molecule has 1 unspecified atom stereocenters. The van der Waals surface area contributed by atoms with Crippen LogP contribution in [0.2, 0.25) is 0 Å². The number of pyridine rings is 1. The first kappa shape index (κ1) is 15.9. The maximum absolute atomic E-state index is 6.07. The molecular formula is C15H27N3O. The summed E-state index contributed by atoms with van der Waals surface area (Å²) in [4.78, 5) is 6.78. The van der Waals surface area contributed by atoms with Gasteiger partial charge in [0.2, 0.25) is 0 Å². The summed E-state index contributed by atoms with van der Waals surface area (Å²) in [5, 5.41) is 0. The highest BCUT2D eigenvalue weighted by atomic mass is 16.5. The molecule has 0 saturated carbocycles. The number of aromatic nitrogens is 1. The predicted octanol–water partition coefficient (Wildman–Crippen LogP) is 2.20. The fourth-order valence-corrected chi connectivity index (χ4v) is 1.96. The van der Waals surface area contributed by atoms with Gasteiger partial charge >= 0.3 is 0 Å². The van der Waals surface area contributed by atoms with Crippen molar-refractivity contribution < 1.29 is 4.74 Å². The Hall–Kier alpha value is -1.13. The Bertz CT molecular complexity index is 393. The van der Waals surface area contributed by atoms with Crippen molar-refractivity contribution in [3.63, 3.8) is 0 Å². The van der Waals surface area contributed by atoms with E-state index in [2.05, 4.69) is 30.8 Å². The van der Waals surface area contributed by atoms with Gasteiger partial charge in [0.05, 0.1) is 12.8 Å².